The van der Waals surface area contributed by atoms with Gasteiger partial charge in [0.05, 0.1) is 20.1 Å². The first-order valence-corrected chi connectivity index (χ1v) is 9.60. The zero-order valence-corrected chi connectivity index (χ0v) is 16.1. The summed E-state index contributed by atoms with van der Waals surface area (Å²) in [6.07, 6.45) is 3.10. The van der Waals surface area contributed by atoms with Gasteiger partial charge in [-0.3, -0.25) is 9.59 Å². The maximum Gasteiger partial charge on any atom is 0.225 e. The van der Waals surface area contributed by atoms with Crippen LogP contribution in [-0.4, -0.2) is 63.2 Å². The Hall–Kier alpha value is -2.28. The number of nitrogens with one attached hydrogen (secondary N) is 2. The second-order valence-corrected chi connectivity index (χ2v) is 7.23. The molecule has 0 bridgehead atoms. The second kappa shape index (κ2) is 9.08. The van der Waals surface area contributed by atoms with Gasteiger partial charge in [0.15, 0.2) is 11.5 Å². The zero-order valence-electron chi connectivity index (χ0n) is 16.1. The van der Waals surface area contributed by atoms with Gasteiger partial charge >= 0.3 is 0 Å². The number of amides is 2. The Bertz CT molecular complexity index is 673. The van der Waals surface area contributed by atoms with E-state index in [-0.39, 0.29) is 23.8 Å². The van der Waals surface area contributed by atoms with E-state index in [4.69, 9.17) is 9.47 Å². The molecular weight excluding hydrogens is 346 g/mol. The van der Waals surface area contributed by atoms with Crippen LogP contribution >= 0.6 is 0 Å². The average molecular weight is 375 g/mol. The number of methoxy groups -OCH3 is 2. The number of benzene rings is 1. The summed E-state index contributed by atoms with van der Waals surface area (Å²) in [6, 6.07) is 5.96. The quantitative estimate of drug-likeness (QED) is 0.742. The molecule has 1 unspecified atom stereocenters. The highest BCUT2D eigenvalue weighted by Crippen LogP contribution is 2.28. The van der Waals surface area contributed by atoms with Crippen molar-refractivity contribution in [3.63, 3.8) is 0 Å². The molecule has 2 aliphatic rings. The van der Waals surface area contributed by atoms with Crippen molar-refractivity contribution < 1.29 is 19.1 Å². The first-order chi connectivity index (χ1) is 13.1. The van der Waals surface area contributed by atoms with Crippen LogP contribution in [0.4, 0.5) is 0 Å². The monoisotopic (exact) mass is 375 g/mol. The van der Waals surface area contributed by atoms with Gasteiger partial charge in [-0.15, -0.1) is 0 Å². The Balaban J connectivity index is 1.51. The van der Waals surface area contributed by atoms with Crippen molar-refractivity contribution in [1.82, 2.24) is 15.5 Å². The highest BCUT2D eigenvalue weighted by atomic mass is 16.5. The van der Waals surface area contributed by atoms with Gasteiger partial charge in [0, 0.05) is 32.1 Å². The minimum atomic E-state index is -0.246. The first-order valence-electron chi connectivity index (χ1n) is 9.60. The Morgan fingerprint density at radius 2 is 2.11 bits per heavy atom. The molecule has 0 aromatic heterocycles. The fourth-order valence-corrected chi connectivity index (χ4v) is 3.76. The van der Waals surface area contributed by atoms with E-state index >= 15 is 0 Å². The van der Waals surface area contributed by atoms with Gasteiger partial charge in [-0.1, -0.05) is 6.07 Å². The molecule has 3 rings (SSSR count). The molecule has 0 saturated carbocycles. The molecule has 7 nitrogen and oxygen atoms in total. The number of ether oxygens (including phenoxy) is 2. The zero-order chi connectivity index (χ0) is 19.2. The second-order valence-electron chi connectivity index (χ2n) is 7.23. The molecule has 7 heteroatoms. The highest BCUT2D eigenvalue weighted by Gasteiger charge is 2.34. The number of nitrogens with zero attached hydrogens (tertiary/aromatic N) is 1. The van der Waals surface area contributed by atoms with Gasteiger partial charge in [0.2, 0.25) is 11.8 Å². The average Bonchev–Trinajstić information content (AvgIpc) is 3.07. The summed E-state index contributed by atoms with van der Waals surface area (Å²) >= 11 is 0. The van der Waals surface area contributed by atoms with E-state index in [2.05, 4.69) is 10.6 Å². The van der Waals surface area contributed by atoms with Crippen LogP contribution in [0.3, 0.4) is 0 Å². The number of piperidine rings is 1. The Kier molecular flexibility index (Phi) is 6.55. The van der Waals surface area contributed by atoms with Gasteiger partial charge in [0.25, 0.3) is 0 Å². The van der Waals surface area contributed by atoms with Crippen molar-refractivity contribution in [1.29, 1.82) is 0 Å². The van der Waals surface area contributed by atoms with E-state index < -0.39 is 0 Å². The molecule has 1 aromatic carbocycles. The van der Waals surface area contributed by atoms with Gasteiger partial charge in [-0.05, 0) is 43.5 Å². The van der Waals surface area contributed by atoms with E-state index in [9.17, 15) is 9.59 Å². The third-order valence-corrected chi connectivity index (χ3v) is 5.35. The molecule has 0 spiro atoms. The summed E-state index contributed by atoms with van der Waals surface area (Å²) < 4.78 is 10.6. The largest absolute Gasteiger partial charge is 0.493 e. The molecule has 2 aliphatic heterocycles. The van der Waals surface area contributed by atoms with Crippen LogP contribution in [0.5, 0.6) is 11.5 Å². The highest BCUT2D eigenvalue weighted by molar-refractivity contribution is 5.89. The minimum Gasteiger partial charge on any atom is -0.493 e. The van der Waals surface area contributed by atoms with E-state index in [1.807, 2.05) is 18.2 Å². The molecule has 27 heavy (non-hydrogen) atoms. The molecule has 0 radical (unpaired) electrons. The van der Waals surface area contributed by atoms with Crippen molar-refractivity contribution >= 4 is 11.8 Å². The summed E-state index contributed by atoms with van der Waals surface area (Å²) in [6.45, 7) is 2.93. The van der Waals surface area contributed by atoms with Crippen LogP contribution in [0.1, 0.15) is 24.8 Å². The van der Waals surface area contributed by atoms with Gasteiger partial charge in [0.1, 0.15) is 0 Å². The number of rotatable bonds is 7. The third kappa shape index (κ3) is 4.91. The number of hydrogen-bond donors (Lipinski definition) is 2. The van der Waals surface area contributed by atoms with Crippen LogP contribution in [0, 0.1) is 5.92 Å². The van der Waals surface area contributed by atoms with E-state index in [0.29, 0.717) is 37.4 Å². The smallest absolute Gasteiger partial charge is 0.225 e. The Morgan fingerprint density at radius 1 is 1.30 bits per heavy atom. The van der Waals surface area contributed by atoms with Crippen LogP contribution in [-0.2, 0) is 16.0 Å². The van der Waals surface area contributed by atoms with Crippen molar-refractivity contribution in [2.75, 3.05) is 40.4 Å². The summed E-state index contributed by atoms with van der Waals surface area (Å²) in [5, 5.41) is 6.39. The summed E-state index contributed by atoms with van der Waals surface area (Å²) in [5.41, 5.74) is 1.07. The summed E-state index contributed by atoms with van der Waals surface area (Å²) in [4.78, 5) is 26.6. The van der Waals surface area contributed by atoms with Gasteiger partial charge < -0.3 is 25.0 Å². The maximum atomic E-state index is 12.5. The fraction of sp³-hybridized carbons (Fsp3) is 0.600. The lowest BCUT2D eigenvalue weighted by atomic mass is 10.0. The Morgan fingerprint density at radius 3 is 2.81 bits per heavy atom. The van der Waals surface area contributed by atoms with Crippen molar-refractivity contribution in [2.24, 2.45) is 5.92 Å². The fourth-order valence-electron chi connectivity index (χ4n) is 3.76. The number of carbonyl (C=O) groups excluding carboxylic acids is 2. The van der Waals surface area contributed by atoms with Crippen LogP contribution in [0.2, 0.25) is 0 Å². The topological polar surface area (TPSA) is 79.9 Å². The summed E-state index contributed by atoms with van der Waals surface area (Å²) in [7, 11) is 3.21. The molecule has 148 valence electrons. The van der Waals surface area contributed by atoms with Gasteiger partial charge in [-0.2, -0.15) is 0 Å². The lowest BCUT2D eigenvalue weighted by Gasteiger charge is -2.25. The standard InChI is InChI=1S/C20H29N3O4/c1-26-17-6-5-14(10-18(17)27-2)7-9-23-13-15(11-19(23)24)20(25)22-16-4-3-8-21-12-16/h5-6,10,15-16,21H,3-4,7-9,11-13H2,1-2H3,(H,22,25)/t15?,16-/m0/s1. The normalized spacial score (nSPS) is 22.6. The molecule has 2 heterocycles. The Labute approximate surface area is 160 Å². The number of likely N-dealkylation sites (tertiary alicyclic amines) is 1. The SMILES string of the molecule is COc1ccc(CCN2CC(C(=O)N[C@H]3CCCNC3)CC2=O)cc1OC. The molecule has 2 amide bonds. The van der Waals surface area contributed by atoms with E-state index in [1.54, 1.807) is 19.1 Å². The molecule has 1 aromatic rings. The van der Waals surface area contributed by atoms with Crippen molar-refractivity contribution in [2.45, 2.75) is 31.7 Å². The summed E-state index contributed by atoms with van der Waals surface area (Å²) in [5.74, 6) is 1.18. The molecule has 0 aliphatic carbocycles. The third-order valence-electron chi connectivity index (χ3n) is 5.35. The molecular formula is C20H29N3O4. The molecule has 2 atom stereocenters. The molecule has 2 N–H and O–H groups in total. The van der Waals surface area contributed by atoms with Crippen molar-refractivity contribution in [3.05, 3.63) is 23.8 Å². The lowest BCUT2D eigenvalue weighted by Crippen LogP contribution is -2.47. The maximum absolute atomic E-state index is 12.5. The lowest BCUT2D eigenvalue weighted by molar-refractivity contribution is -0.129. The van der Waals surface area contributed by atoms with Crippen LogP contribution < -0.4 is 20.1 Å². The van der Waals surface area contributed by atoms with Crippen LogP contribution in [0.15, 0.2) is 18.2 Å². The van der Waals surface area contributed by atoms with E-state index in [1.165, 1.54) is 0 Å². The van der Waals surface area contributed by atoms with Crippen molar-refractivity contribution in [3.8, 4) is 11.5 Å². The molecule has 2 fully saturated rings. The van der Waals surface area contributed by atoms with Gasteiger partial charge in [-0.25, -0.2) is 0 Å². The minimum absolute atomic E-state index is 0.00525. The van der Waals surface area contributed by atoms with E-state index in [0.717, 1.165) is 31.5 Å². The molecule has 2 saturated heterocycles. The predicted molar refractivity (Wildman–Crippen MR) is 102 cm³/mol. The number of carbonyl (C=O) groups is 2. The number of hydrogen-bond acceptors (Lipinski definition) is 5. The first kappa shape index (κ1) is 19.5. The predicted octanol–water partition coefficient (Wildman–Crippen LogP) is 0.963. The van der Waals surface area contributed by atoms with Crippen LogP contribution in [0.25, 0.3) is 0 Å².